The number of rotatable bonds is 0. The van der Waals surface area contributed by atoms with Crippen molar-refractivity contribution in [1.82, 2.24) is 0 Å². The summed E-state index contributed by atoms with van der Waals surface area (Å²) in [5, 5.41) is 12.5. The fourth-order valence-corrected chi connectivity index (χ4v) is 2.97. The third-order valence-corrected chi connectivity index (χ3v) is 3.79. The molecule has 86 valence electrons. The molecule has 0 amide bonds. The summed E-state index contributed by atoms with van der Waals surface area (Å²) in [5.74, 6) is 0.417. The number of aromatic hydroxyl groups is 1. The first-order chi connectivity index (χ1) is 8.84. The summed E-state index contributed by atoms with van der Waals surface area (Å²) in [6.07, 6.45) is 0.835. The third kappa shape index (κ3) is 1.16. The van der Waals surface area contributed by atoms with E-state index in [9.17, 15) is 5.11 Å². The van der Waals surface area contributed by atoms with E-state index in [0.717, 1.165) is 17.4 Å². The largest absolute Gasteiger partial charge is 0.508 e. The Morgan fingerprint density at radius 3 is 2.61 bits per heavy atom. The molecule has 0 bridgehead atoms. The van der Waals surface area contributed by atoms with E-state index >= 15 is 0 Å². The lowest BCUT2D eigenvalue weighted by molar-refractivity contribution is 0.471. The first kappa shape index (κ1) is 9.72. The molecule has 0 fully saturated rings. The Morgan fingerprint density at radius 1 is 0.889 bits per heavy atom. The Bertz CT molecular complexity index is 772. The van der Waals surface area contributed by atoms with Gasteiger partial charge in [0.05, 0.1) is 0 Å². The SMILES string of the molecule is Oc1cc2ccccc2c2c1Cc1ccccc1-2. The molecule has 1 heteroatoms. The van der Waals surface area contributed by atoms with Gasteiger partial charge in [0, 0.05) is 12.0 Å². The van der Waals surface area contributed by atoms with E-state index in [4.69, 9.17) is 0 Å². The van der Waals surface area contributed by atoms with Crippen LogP contribution in [0.2, 0.25) is 0 Å². The van der Waals surface area contributed by atoms with Gasteiger partial charge >= 0.3 is 0 Å². The molecule has 1 nitrogen and oxygen atoms in total. The van der Waals surface area contributed by atoms with E-state index in [1.165, 1.54) is 22.1 Å². The van der Waals surface area contributed by atoms with Gasteiger partial charge in [-0.05, 0) is 33.5 Å². The van der Waals surface area contributed by atoms with Crippen molar-refractivity contribution in [2.75, 3.05) is 0 Å². The molecule has 0 radical (unpaired) electrons. The van der Waals surface area contributed by atoms with Gasteiger partial charge in [-0.3, -0.25) is 0 Å². The first-order valence-corrected chi connectivity index (χ1v) is 6.16. The number of phenols is 1. The van der Waals surface area contributed by atoms with Crippen molar-refractivity contribution >= 4 is 10.8 Å². The van der Waals surface area contributed by atoms with Crippen LogP contribution in [0.15, 0.2) is 54.6 Å². The maximum atomic E-state index is 10.2. The van der Waals surface area contributed by atoms with Gasteiger partial charge in [0.1, 0.15) is 5.75 Å². The molecule has 1 aliphatic rings. The van der Waals surface area contributed by atoms with Crippen LogP contribution >= 0.6 is 0 Å². The van der Waals surface area contributed by atoms with Crippen molar-refractivity contribution in [3.8, 4) is 16.9 Å². The lowest BCUT2D eigenvalue weighted by atomic mass is 9.97. The molecular formula is C17H12O. The molecule has 3 aromatic carbocycles. The highest BCUT2D eigenvalue weighted by Gasteiger charge is 2.23. The monoisotopic (exact) mass is 232 g/mol. The summed E-state index contributed by atoms with van der Waals surface area (Å²) in [5.41, 5.74) is 4.84. The van der Waals surface area contributed by atoms with Crippen molar-refractivity contribution in [3.63, 3.8) is 0 Å². The first-order valence-electron chi connectivity index (χ1n) is 6.16. The summed E-state index contributed by atoms with van der Waals surface area (Å²) in [4.78, 5) is 0. The molecule has 1 aliphatic carbocycles. The Hall–Kier alpha value is -2.28. The maximum absolute atomic E-state index is 10.2. The molecule has 0 aliphatic heterocycles. The average Bonchev–Trinajstić information content (AvgIpc) is 2.79. The maximum Gasteiger partial charge on any atom is 0.120 e. The summed E-state index contributed by atoms with van der Waals surface area (Å²) in [6.45, 7) is 0. The van der Waals surface area contributed by atoms with Gasteiger partial charge in [-0.25, -0.2) is 0 Å². The van der Waals surface area contributed by atoms with E-state index < -0.39 is 0 Å². The Labute approximate surface area is 105 Å². The molecule has 0 saturated carbocycles. The standard InChI is InChI=1S/C17H12O/c18-16-10-12-6-2-4-8-14(12)17-13-7-3-1-5-11(13)9-15(16)17/h1-8,10,18H,9H2. The van der Waals surface area contributed by atoms with E-state index in [0.29, 0.717) is 5.75 Å². The smallest absolute Gasteiger partial charge is 0.120 e. The highest BCUT2D eigenvalue weighted by molar-refractivity contribution is 6.02. The van der Waals surface area contributed by atoms with Crippen molar-refractivity contribution < 1.29 is 5.11 Å². The van der Waals surface area contributed by atoms with Gasteiger partial charge in [-0.1, -0.05) is 48.5 Å². The molecule has 0 heterocycles. The zero-order valence-electron chi connectivity index (χ0n) is 9.85. The predicted molar refractivity (Wildman–Crippen MR) is 73.9 cm³/mol. The Morgan fingerprint density at radius 2 is 1.67 bits per heavy atom. The average molecular weight is 232 g/mol. The number of benzene rings is 3. The van der Waals surface area contributed by atoms with Crippen LogP contribution in [0.5, 0.6) is 5.75 Å². The Kier molecular flexibility index (Phi) is 1.81. The highest BCUT2D eigenvalue weighted by Crippen LogP contribution is 2.45. The number of hydrogen-bond donors (Lipinski definition) is 1. The highest BCUT2D eigenvalue weighted by atomic mass is 16.3. The molecule has 0 saturated heterocycles. The second kappa shape index (κ2) is 3.36. The summed E-state index contributed by atoms with van der Waals surface area (Å²) in [6, 6.07) is 18.5. The van der Waals surface area contributed by atoms with Gasteiger partial charge in [0.2, 0.25) is 0 Å². The minimum Gasteiger partial charge on any atom is -0.508 e. The summed E-state index contributed by atoms with van der Waals surface area (Å²) >= 11 is 0. The molecule has 3 aromatic rings. The third-order valence-electron chi connectivity index (χ3n) is 3.79. The summed E-state index contributed by atoms with van der Waals surface area (Å²) < 4.78 is 0. The van der Waals surface area contributed by atoms with Gasteiger partial charge in [0.15, 0.2) is 0 Å². The van der Waals surface area contributed by atoms with Crippen LogP contribution < -0.4 is 0 Å². The van der Waals surface area contributed by atoms with Crippen molar-refractivity contribution in [2.24, 2.45) is 0 Å². The summed E-state index contributed by atoms with van der Waals surface area (Å²) in [7, 11) is 0. The normalized spacial score (nSPS) is 12.4. The number of hydrogen-bond acceptors (Lipinski definition) is 1. The molecule has 0 unspecified atom stereocenters. The van der Waals surface area contributed by atoms with E-state index in [2.05, 4.69) is 42.5 Å². The van der Waals surface area contributed by atoms with Crippen LogP contribution in [0, 0.1) is 0 Å². The minimum atomic E-state index is 0.417. The zero-order valence-corrected chi connectivity index (χ0v) is 9.85. The van der Waals surface area contributed by atoms with Crippen LogP contribution in [0.4, 0.5) is 0 Å². The zero-order chi connectivity index (χ0) is 12.1. The number of fused-ring (bicyclic) bond motifs is 5. The van der Waals surface area contributed by atoms with E-state index in [1.807, 2.05) is 12.1 Å². The molecular weight excluding hydrogens is 220 g/mol. The fourth-order valence-electron chi connectivity index (χ4n) is 2.97. The molecule has 1 N–H and O–H groups in total. The van der Waals surface area contributed by atoms with Crippen molar-refractivity contribution in [3.05, 3.63) is 65.7 Å². The quantitative estimate of drug-likeness (QED) is 0.483. The molecule has 0 aromatic heterocycles. The second-order valence-electron chi connectivity index (χ2n) is 4.80. The van der Waals surface area contributed by atoms with E-state index in [1.54, 1.807) is 0 Å². The second-order valence-corrected chi connectivity index (χ2v) is 4.80. The van der Waals surface area contributed by atoms with Gasteiger partial charge in [0.25, 0.3) is 0 Å². The number of phenolic OH excluding ortho intramolecular Hbond substituents is 1. The van der Waals surface area contributed by atoms with Gasteiger partial charge in [-0.2, -0.15) is 0 Å². The van der Waals surface area contributed by atoms with Crippen LogP contribution in [-0.2, 0) is 6.42 Å². The van der Waals surface area contributed by atoms with Gasteiger partial charge in [-0.15, -0.1) is 0 Å². The van der Waals surface area contributed by atoms with Crippen LogP contribution in [0.25, 0.3) is 21.9 Å². The van der Waals surface area contributed by atoms with Gasteiger partial charge < -0.3 is 5.11 Å². The topological polar surface area (TPSA) is 20.2 Å². The minimum absolute atomic E-state index is 0.417. The lowest BCUT2D eigenvalue weighted by Gasteiger charge is -2.08. The molecule has 4 rings (SSSR count). The predicted octanol–water partition coefficient (Wildman–Crippen LogP) is 4.12. The molecule has 0 atom stereocenters. The molecule has 0 spiro atoms. The molecule has 18 heavy (non-hydrogen) atoms. The van der Waals surface area contributed by atoms with Crippen LogP contribution in [-0.4, -0.2) is 5.11 Å². The lowest BCUT2D eigenvalue weighted by Crippen LogP contribution is -1.84. The van der Waals surface area contributed by atoms with Crippen LogP contribution in [0.3, 0.4) is 0 Å². The van der Waals surface area contributed by atoms with E-state index in [-0.39, 0.29) is 0 Å². The fraction of sp³-hybridized carbons (Fsp3) is 0.0588. The van der Waals surface area contributed by atoms with Crippen molar-refractivity contribution in [1.29, 1.82) is 0 Å². The van der Waals surface area contributed by atoms with Crippen LogP contribution in [0.1, 0.15) is 11.1 Å². The Balaban J connectivity index is 2.20. The van der Waals surface area contributed by atoms with Crippen molar-refractivity contribution in [2.45, 2.75) is 6.42 Å².